The summed E-state index contributed by atoms with van der Waals surface area (Å²) in [7, 11) is 1.36. The Kier molecular flexibility index (Phi) is 4.29. The van der Waals surface area contributed by atoms with Gasteiger partial charge in [-0.3, -0.25) is 4.79 Å². The van der Waals surface area contributed by atoms with E-state index < -0.39 is 0 Å². The van der Waals surface area contributed by atoms with Crippen LogP contribution < -0.4 is 0 Å². The third-order valence-electron chi connectivity index (χ3n) is 2.77. The van der Waals surface area contributed by atoms with E-state index in [0.717, 1.165) is 0 Å². The molecule has 1 unspecified atom stereocenters. The average Bonchev–Trinajstić information content (AvgIpc) is 2.27. The number of aliphatic hydroxyl groups is 1. The Bertz CT molecular complexity index is 249. The van der Waals surface area contributed by atoms with Crippen molar-refractivity contribution in [1.82, 2.24) is 0 Å². The predicted octanol–water partition coefficient (Wildman–Crippen LogP) is 0.747. The van der Waals surface area contributed by atoms with Gasteiger partial charge in [0.25, 0.3) is 0 Å². The molecular formula is C11H18O4. The smallest absolute Gasteiger partial charge is 0.311 e. The zero-order chi connectivity index (χ0) is 11.4. The molecule has 0 aromatic carbocycles. The normalized spacial score (nSPS) is 32.4. The van der Waals surface area contributed by atoms with Crippen molar-refractivity contribution >= 4 is 5.97 Å². The van der Waals surface area contributed by atoms with E-state index >= 15 is 0 Å². The molecule has 0 aromatic rings. The van der Waals surface area contributed by atoms with Gasteiger partial charge in [-0.15, -0.1) is 0 Å². The number of methoxy groups -OCH3 is 1. The van der Waals surface area contributed by atoms with Crippen molar-refractivity contribution in [3.05, 3.63) is 12.2 Å². The highest BCUT2D eigenvalue weighted by Crippen LogP contribution is 2.23. The molecule has 15 heavy (non-hydrogen) atoms. The first-order valence-electron chi connectivity index (χ1n) is 5.12. The van der Waals surface area contributed by atoms with E-state index in [9.17, 15) is 4.79 Å². The summed E-state index contributed by atoms with van der Waals surface area (Å²) >= 11 is 0. The second-order valence-corrected chi connectivity index (χ2v) is 3.88. The molecule has 0 saturated heterocycles. The van der Waals surface area contributed by atoms with Gasteiger partial charge in [-0.2, -0.15) is 0 Å². The molecule has 0 spiro atoms. The number of rotatable bonds is 3. The van der Waals surface area contributed by atoms with Gasteiger partial charge < -0.3 is 14.6 Å². The lowest BCUT2D eigenvalue weighted by molar-refractivity contribution is -0.152. The molecular weight excluding hydrogens is 196 g/mol. The fourth-order valence-electron chi connectivity index (χ4n) is 1.59. The van der Waals surface area contributed by atoms with Gasteiger partial charge in [-0.05, 0) is 6.92 Å². The molecule has 86 valence electrons. The highest BCUT2D eigenvalue weighted by Gasteiger charge is 2.30. The van der Waals surface area contributed by atoms with Crippen LogP contribution in [0.25, 0.3) is 0 Å². The molecule has 1 N–H and O–H groups in total. The van der Waals surface area contributed by atoms with Gasteiger partial charge in [-0.1, -0.05) is 19.1 Å². The van der Waals surface area contributed by atoms with Crippen molar-refractivity contribution in [2.45, 2.75) is 26.1 Å². The van der Waals surface area contributed by atoms with Gasteiger partial charge in [0.05, 0.1) is 31.8 Å². The Morgan fingerprint density at radius 3 is 2.80 bits per heavy atom. The molecule has 1 aliphatic rings. The van der Waals surface area contributed by atoms with Crippen LogP contribution in [0.3, 0.4) is 0 Å². The van der Waals surface area contributed by atoms with Crippen LogP contribution in [0, 0.1) is 11.8 Å². The zero-order valence-electron chi connectivity index (χ0n) is 9.34. The molecule has 4 heteroatoms. The Balaban J connectivity index is 2.65. The highest BCUT2D eigenvalue weighted by atomic mass is 16.5. The summed E-state index contributed by atoms with van der Waals surface area (Å²) in [5.74, 6) is -0.459. The monoisotopic (exact) mass is 214 g/mol. The molecule has 0 bridgehead atoms. The first-order valence-corrected chi connectivity index (χ1v) is 5.12. The van der Waals surface area contributed by atoms with Crippen LogP contribution in [-0.2, 0) is 14.3 Å². The van der Waals surface area contributed by atoms with Gasteiger partial charge in [-0.25, -0.2) is 0 Å². The quantitative estimate of drug-likeness (QED) is 0.556. The van der Waals surface area contributed by atoms with Crippen molar-refractivity contribution < 1.29 is 19.4 Å². The van der Waals surface area contributed by atoms with Gasteiger partial charge >= 0.3 is 5.97 Å². The van der Waals surface area contributed by atoms with E-state index in [4.69, 9.17) is 9.84 Å². The number of esters is 1. The van der Waals surface area contributed by atoms with E-state index in [0.29, 0.717) is 0 Å². The minimum Gasteiger partial charge on any atom is -0.469 e. The van der Waals surface area contributed by atoms with Gasteiger partial charge in [0, 0.05) is 5.92 Å². The summed E-state index contributed by atoms with van der Waals surface area (Å²) in [5, 5.41) is 9.08. The number of hydrogen-bond donors (Lipinski definition) is 1. The van der Waals surface area contributed by atoms with E-state index in [1.807, 2.05) is 19.1 Å². The third kappa shape index (κ3) is 2.79. The second kappa shape index (κ2) is 5.28. The lowest BCUT2D eigenvalue weighted by atomic mass is 9.95. The van der Waals surface area contributed by atoms with E-state index in [2.05, 4.69) is 4.74 Å². The van der Waals surface area contributed by atoms with Gasteiger partial charge in [0.1, 0.15) is 0 Å². The summed E-state index contributed by atoms with van der Waals surface area (Å²) in [6.45, 7) is 3.69. The van der Waals surface area contributed by atoms with Crippen LogP contribution in [0.1, 0.15) is 13.8 Å². The molecule has 0 radical (unpaired) electrons. The van der Waals surface area contributed by atoms with Crippen LogP contribution in [0.2, 0.25) is 0 Å². The Morgan fingerprint density at radius 1 is 1.60 bits per heavy atom. The van der Waals surface area contributed by atoms with Crippen LogP contribution in [0.15, 0.2) is 12.2 Å². The number of carbonyl (C=O) groups is 1. The van der Waals surface area contributed by atoms with Gasteiger partial charge in [0.15, 0.2) is 0 Å². The lowest BCUT2D eigenvalue weighted by Crippen LogP contribution is -2.38. The second-order valence-electron chi connectivity index (χ2n) is 3.88. The van der Waals surface area contributed by atoms with Crippen molar-refractivity contribution in [3.63, 3.8) is 0 Å². The van der Waals surface area contributed by atoms with Gasteiger partial charge in [0.2, 0.25) is 0 Å². The van der Waals surface area contributed by atoms with E-state index in [-0.39, 0.29) is 36.6 Å². The summed E-state index contributed by atoms with van der Waals surface area (Å²) in [4.78, 5) is 11.3. The van der Waals surface area contributed by atoms with Crippen LogP contribution >= 0.6 is 0 Å². The van der Waals surface area contributed by atoms with E-state index in [1.54, 1.807) is 6.92 Å². The molecule has 4 atom stereocenters. The summed E-state index contributed by atoms with van der Waals surface area (Å²) in [5.41, 5.74) is 0. The van der Waals surface area contributed by atoms with Crippen LogP contribution in [-0.4, -0.2) is 37.0 Å². The van der Waals surface area contributed by atoms with Crippen LogP contribution in [0.4, 0.5) is 0 Å². The van der Waals surface area contributed by atoms with Crippen LogP contribution in [0.5, 0.6) is 0 Å². The molecule has 1 aliphatic heterocycles. The predicted molar refractivity (Wildman–Crippen MR) is 55.2 cm³/mol. The van der Waals surface area contributed by atoms with Crippen molar-refractivity contribution in [1.29, 1.82) is 0 Å². The minimum atomic E-state index is -0.340. The molecule has 4 nitrogen and oxygen atoms in total. The molecule has 0 aliphatic carbocycles. The maximum Gasteiger partial charge on any atom is 0.311 e. The number of hydrogen-bond acceptors (Lipinski definition) is 4. The Labute approximate surface area is 89.9 Å². The first-order chi connectivity index (χ1) is 7.10. The molecule has 1 rings (SSSR count). The third-order valence-corrected chi connectivity index (χ3v) is 2.77. The standard InChI is InChI=1S/C11H18O4/c1-7-4-5-9(15-10(7)6-12)8(2)11(13)14-3/h4-5,7-10,12H,6H2,1-3H3/t7-,8?,9+,10+/m0/s1. The van der Waals surface area contributed by atoms with Crippen molar-refractivity contribution in [2.24, 2.45) is 11.8 Å². The topological polar surface area (TPSA) is 55.8 Å². The molecule has 0 fully saturated rings. The zero-order valence-corrected chi connectivity index (χ0v) is 9.34. The summed E-state index contributed by atoms with van der Waals surface area (Å²) < 4.78 is 10.2. The fraction of sp³-hybridized carbons (Fsp3) is 0.727. The fourth-order valence-corrected chi connectivity index (χ4v) is 1.59. The maximum absolute atomic E-state index is 11.3. The Morgan fingerprint density at radius 2 is 2.27 bits per heavy atom. The average molecular weight is 214 g/mol. The van der Waals surface area contributed by atoms with Crippen molar-refractivity contribution in [2.75, 3.05) is 13.7 Å². The number of carbonyl (C=O) groups excluding carboxylic acids is 1. The van der Waals surface area contributed by atoms with E-state index in [1.165, 1.54) is 7.11 Å². The lowest BCUT2D eigenvalue weighted by Gasteiger charge is -2.31. The minimum absolute atomic E-state index is 0.0318. The molecule has 0 saturated carbocycles. The molecule has 0 amide bonds. The molecule has 1 heterocycles. The highest BCUT2D eigenvalue weighted by molar-refractivity contribution is 5.72. The van der Waals surface area contributed by atoms with Crippen molar-refractivity contribution in [3.8, 4) is 0 Å². The number of aliphatic hydroxyl groups excluding tert-OH is 1. The first kappa shape index (κ1) is 12.2. The largest absolute Gasteiger partial charge is 0.469 e. The number of ether oxygens (including phenoxy) is 2. The maximum atomic E-state index is 11.3. The SMILES string of the molecule is COC(=O)C(C)[C@H]1C=C[C@H](C)[C@@H](CO)O1. The Hall–Kier alpha value is -0.870. The molecule has 0 aromatic heterocycles. The summed E-state index contributed by atoms with van der Waals surface area (Å²) in [6, 6.07) is 0. The summed E-state index contributed by atoms with van der Waals surface area (Å²) in [6.07, 6.45) is 3.30.